The van der Waals surface area contributed by atoms with Gasteiger partial charge in [0.2, 0.25) is 0 Å². The van der Waals surface area contributed by atoms with E-state index in [9.17, 15) is 14.7 Å². The van der Waals surface area contributed by atoms with Gasteiger partial charge in [-0.1, -0.05) is 13.8 Å². The molecule has 1 saturated heterocycles. The third kappa shape index (κ3) is 3.16. The first-order valence-electron chi connectivity index (χ1n) is 7.52. The standard InChI is InChI=1S/C16H23NO5/c1-9(2)14-8-12(10(3)22-14)15(19)17-6-5-11(18)7-13(17)16(20)21-4/h8-9,11,13,18H,5-7H2,1-4H3/t11-,13+/m0/s1. The van der Waals surface area contributed by atoms with Crippen molar-refractivity contribution >= 4 is 11.9 Å². The molecule has 0 unspecified atom stereocenters. The number of piperidine rings is 1. The predicted molar refractivity (Wildman–Crippen MR) is 79.6 cm³/mol. The number of nitrogens with zero attached hydrogens (tertiary/aromatic N) is 1. The monoisotopic (exact) mass is 309 g/mol. The molecule has 1 aliphatic rings. The molecule has 2 rings (SSSR count). The summed E-state index contributed by atoms with van der Waals surface area (Å²) in [4.78, 5) is 26.1. The van der Waals surface area contributed by atoms with Gasteiger partial charge in [0.1, 0.15) is 17.6 Å². The number of likely N-dealkylation sites (tertiary alicyclic amines) is 1. The molecule has 6 heteroatoms. The van der Waals surface area contributed by atoms with Gasteiger partial charge in [-0.05, 0) is 19.4 Å². The number of esters is 1. The van der Waals surface area contributed by atoms with Crippen LogP contribution in [0.1, 0.15) is 54.5 Å². The Morgan fingerprint density at radius 2 is 2.14 bits per heavy atom. The second-order valence-electron chi connectivity index (χ2n) is 5.99. The van der Waals surface area contributed by atoms with Gasteiger partial charge in [-0.15, -0.1) is 0 Å². The second-order valence-corrected chi connectivity index (χ2v) is 5.99. The van der Waals surface area contributed by atoms with Crippen LogP contribution in [0, 0.1) is 6.92 Å². The maximum atomic E-state index is 12.8. The van der Waals surface area contributed by atoms with Crippen LogP contribution in [0.15, 0.2) is 10.5 Å². The van der Waals surface area contributed by atoms with E-state index in [0.29, 0.717) is 24.3 Å². The number of carbonyl (C=O) groups is 2. The topological polar surface area (TPSA) is 80.0 Å². The Bertz CT molecular complexity index is 563. The molecule has 0 saturated carbocycles. The average Bonchev–Trinajstić information content (AvgIpc) is 2.88. The minimum atomic E-state index is -0.752. The number of aliphatic hydroxyl groups is 1. The van der Waals surface area contributed by atoms with Crippen molar-refractivity contribution in [2.75, 3.05) is 13.7 Å². The number of carbonyl (C=O) groups excluding carboxylic acids is 2. The number of methoxy groups -OCH3 is 1. The zero-order valence-corrected chi connectivity index (χ0v) is 13.5. The lowest BCUT2D eigenvalue weighted by Crippen LogP contribution is -2.51. The predicted octanol–water partition coefficient (Wildman–Crippen LogP) is 1.85. The summed E-state index contributed by atoms with van der Waals surface area (Å²) < 4.78 is 10.4. The summed E-state index contributed by atoms with van der Waals surface area (Å²) in [5, 5.41) is 9.76. The maximum absolute atomic E-state index is 12.8. The molecule has 22 heavy (non-hydrogen) atoms. The molecular formula is C16H23NO5. The Balaban J connectivity index is 2.28. The van der Waals surface area contributed by atoms with Crippen molar-refractivity contribution in [3.8, 4) is 0 Å². The first-order valence-corrected chi connectivity index (χ1v) is 7.52. The third-order valence-corrected chi connectivity index (χ3v) is 4.05. The lowest BCUT2D eigenvalue weighted by atomic mass is 9.98. The van der Waals surface area contributed by atoms with Crippen LogP contribution in [0.2, 0.25) is 0 Å². The number of ether oxygens (including phenoxy) is 1. The summed E-state index contributed by atoms with van der Waals surface area (Å²) in [6, 6.07) is 0.986. The number of hydrogen-bond donors (Lipinski definition) is 1. The van der Waals surface area contributed by atoms with E-state index < -0.39 is 18.1 Å². The molecule has 1 amide bonds. The van der Waals surface area contributed by atoms with Crippen molar-refractivity contribution in [3.05, 3.63) is 23.2 Å². The van der Waals surface area contributed by atoms with E-state index in [1.165, 1.54) is 12.0 Å². The molecule has 0 radical (unpaired) electrons. The molecule has 0 aliphatic carbocycles. The number of aryl methyl sites for hydroxylation is 1. The van der Waals surface area contributed by atoms with Crippen LogP contribution in [-0.2, 0) is 9.53 Å². The van der Waals surface area contributed by atoms with Crippen LogP contribution in [0.3, 0.4) is 0 Å². The first-order chi connectivity index (χ1) is 10.3. The van der Waals surface area contributed by atoms with Crippen molar-refractivity contribution in [1.29, 1.82) is 0 Å². The van der Waals surface area contributed by atoms with E-state index in [0.717, 1.165) is 5.76 Å². The fraction of sp³-hybridized carbons (Fsp3) is 0.625. The molecule has 1 aromatic heterocycles. The summed E-state index contributed by atoms with van der Waals surface area (Å²) in [6.07, 6.45) is 0.0595. The number of rotatable bonds is 3. The van der Waals surface area contributed by atoms with Crippen LogP contribution >= 0.6 is 0 Å². The molecule has 2 heterocycles. The minimum absolute atomic E-state index is 0.180. The molecular weight excluding hydrogens is 286 g/mol. The molecule has 0 aromatic carbocycles. The third-order valence-electron chi connectivity index (χ3n) is 4.05. The van der Waals surface area contributed by atoms with Crippen molar-refractivity contribution in [2.45, 2.75) is 51.7 Å². The normalized spacial score (nSPS) is 22.0. The molecule has 2 atom stereocenters. The van der Waals surface area contributed by atoms with Gasteiger partial charge in [-0.25, -0.2) is 4.79 Å². The van der Waals surface area contributed by atoms with Crippen molar-refractivity contribution in [3.63, 3.8) is 0 Å². The Kier molecular flexibility index (Phi) is 4.90. The SMILES string of the molecule is COC(=O)[C@H]1C[C@@H](O)CCN1C(=O)c1cc(C(C)C)oc1C. The van der Waals surface area contributed by atoms with Gasteiger partial charge in [0, 0.05) is 18.9 Å². The Morgan fingerprint density at radius 3 is 2.68 bits per heavy atom. The fourth-order valence-corrected chi connectivity index (χ4v) is 2.71. The Morgan fingerprint density at radius 1 is 1.45 bits per heavy atom. The smallest absolute Gasteiger partial charge is 0.328 e. The van der Waals surface area contributed by atoms with Crippen LogP contribution in [0.4, 0.5) is 0 Å². The van der Waals surface area contributed by atoms with Crippen molar-refractivity contribution in [1.82, 2.24) is 4.90 Å². The average molecular weight is 309 g/mol. The highest BCUT2D eigenvalue weighted by molar-refractivity contribution is 5.97. The summed E-state index contributed by atoms with van der Waals surface area (Å²) in [7, 11) is 1.28. The molecule has 122 valence electrons. The zero-order chi connectivity index (χ0) is 16.4. The molecule has 6 nitrogen and oxygen atoms in total. The summed E-state index contributed by atoms with van der Waals surface area (Å²) in [6.45, 7) is 6.04. The summed E-state index contributed by atoms with van der Waals surface area (Å²) in [5.41, 5.74) is 0.467. The molecule has 1 aromatic rings. The summed E-state index contributed by atoms with van der Waals surface area (Å²) in [5.74, 6) is 0.712. The fourth-order valence-electron chi connectivity index (χ4n) is 2.71. The second kappa shape index (κ2) is 6.52. The maximum Gasteiger partial charge on any atom is 0.328 e. The van der Waals surface area contributed by atoms with Gasteiger partial charge in [0.25, 0.3) is 5.91 Å². The zero-order valence-electron chi connectivity index (χ0n) is 13.5. The van der Waals surface area contributed by atoms with Gasteiger partial charge >= 0.3 is 5.97 Å². The number of aliphatic hydroxyl groups excluding tert-OH is 1. The largest absolute Gasteiger partial charge is 0.467 e. The van der Waals surface area contributed by atoms with Gasteiger partial charge in [0.15, 0.2) is 0 Å². The number of amides is 1. The van der Waals surface area contributed by atoms with E-state index in [2.05, 4.69) is 0 Å². The number of hydrogen-bond acceptors (Lipinski definition) is 5. The van der Waals surface area contributed by atoms with Crippen LogP contribution in [0.25, 0.3) is 0 Å². The highest BCUT2D eigenvalue weighted by Crippen LogP contribution is 2.26. The van der Waals surface area contributed by atoms with E-state index in [1.54, 1.807) is 13.0 Å². The summed E-state index contributed by atoms with van der Waals surface area (Å²) >= 11 is 0. The highest BCUT2D eigenvalue weighted by atomic mass is 16.5. The molecule has 0 bridgehead atoms. The van der Waals surface area contributed by atoms with Gasteiger partial charge < -0.3 is 19.2 Å². The molecule has 1 N–H and O–H groups in total. The molecule has 1 aliphatic heterocycles. The van der Waals surface area contributed by atoms with Gasteiger partial charge in [-0.2, -0.15) is 0 Å². The highest BCUT2D eigenvalue weighted by Gasteiger charge is 2.37. The van der Waals surface area contributed by atoms with Crippen molar-refractivity contribution < 1.29 is 23.8 Å². The number of furan rings is 1. The van der Waals surface area contributed by atoms with E-state index in [1.807, 2.05) is 13.8 Å². The van der Waals surface area contributed by atoms with Crippen LogP contribution in [0.5, 0.6) is 0 Å². The Labute approximate surface area is 130 Å². The van der Waals surface area contributed by atoms with E-state index in [4.69, 9.17) is 9.15 Å². The quantitative estimate of drug-likeness (QED) is 0.862. The lowest BCUT2D eigenvalue weighted by Gasteiger charge is -2.35. The Hall–Kier alpha value is -1.82. The van der Waals surface area contributed by atoms with Crippen LogP contribution < -0.4 is 0 Å². The molecule has 1 fully saturated rings. The first kappa shape index (κ1) is 16.5. The lowest BCUT2D eigenvalue weighted by molar-refractivity contribution is -0.148. The van der Waals surface area contributed by atoms with E-state index in [-0.39, 0.29) is 18.2 Å². The minimum Gasteiger partial charge on any atom is -0.467 e. The van der Waals surface area contributed by atoms with Crippen LogP contribution in [-0.4, -0.2) is 47.7 Å². The van der Waals surface area contributed by atoms with Gasteiger partial charge in [0.05, 0.1) is 18.8 Å². The van der Waals surface area contributed by atoms with Crippen molar-refractivity contribution in [2.24, 2.45) is 0 Å². The van der Waals surface area contributed by atoms with Gasteiger partial charge in [-0.3, -0.25) is 4.79 Å². The van der Waals surface area contributed by atoms with E-state index >= 15 is 0 Å². The molecule has 0 spiro atoms.